The summed E-state index contributed by atoms with van der Waals surface area (Å²) >= 11 is 0. The van der Waals surface area contributed by atoms with E-state index in [1.165, 1.54) is 36.4 Å². The zero-order valence-corrected chi connectivity index (χ0v) is 17.9. The van der Waals surface area contributed by atoms with Gasteiger partial charge in [0.15, 0.2) is 0 Å². The number of benzene rings is 3. The highest BCUT2D eigenvalue weighted by atomic mass is 31.3. The van der Waals surface area contributed by atoms with Crippen LogP contribution in [0, 0.1) is 0 Å². The lowest BCUT2D eigenvalue weighted by Crippen LogP contribution is -1.96. The van der Waals surface area contributed by atoms with Crippen molar-refractivity contribution >= 4 is 23.2 Å². The quantitative estimate of drug-likeness (QED) is 0.337. The Morgan fingerprint density at radius 2 is 0.667 bits per heavy atom. The van der Waals surface area contributed by atoms with Crippen molar-refractivity contribution in [2.75, 3.05) is 0 Å². The van der Waals surface area contributed by atoms with E-state index in [1.807, 2.05) is 0 Å². The molecule has 3 aromatic rings. The average Bonchev–Trinajstić information content (AvgIpc) is 2.68. The highest BCUT2D eigenvalue weighted by Crippen LogP contribution is 2.80. The summed E-state index contributed by atoms with van der Waals surface area (Å²) in [4.78, 5) is 0. The van der Waals surface area contributed by atoms with Crippen LogP contribution in [0.2, 0.25) is 0 Å². The fraction of sp³-hybridized carbons (Fsp3) is 0. The van der Waals surface area contributed by atoms with Crippen molar-refractivity contribution in [1.82, 2.24) is 0 Å². The van der Waals surface area contributed by atoms with Crippen molar-refractivity contribution in [3.8, 4) is 17.2 Å². The fourth-order valence-corrected chi connectivity index (χ4v) is 9.13. The van der Waals surface area contributed by atoms with Gasteiger partial charge in [0.05, 0.1) is 0 Å². The number of hydrogen-bond donors (Lipinski definition) is 0. The van der Waals surface area contributed by atoms with Gasteiger partial charge in [-0.2, -0.15) is 0 Å². The third kappa shape index (κ3) is 5.17. The van der Waals surface area contributed by atoms with Gasteiger partial charge < -0.3 is 13.6 Å². The van der Waals surface area contributed by atoms with E-state index in [2.05, 4.69) is 13.5 Å². The topological polar surface area (TPSA) is 64.8 Å². The first-order chi connectivity index (χ1) is 14.4. The van der Waals surface area contributed by atoms with Crippen molar-refractivity contribution in [3.63, 3.8) is 0 Å². The van der Waals surface area contributed by atoms with Gasteiger partial charge in [-0.1, -0.05) is 54.6 Å². The molecule has 30 heavy (non-hydrogen) atoms. The number of nitrogens with zero attached hydrogens (tertiary/aromatic N) is 3. The summed E-state index contributed by atoms with van der Waals surface area (Å²) in [5.74, 6) is 0.0424. The van der Waals surface area contributed by atoms with Crippen LogP contribution in [0.3, 0.4) is 0 Å². The van der Waals surface area contributed by atoms with Crippen LogP contribution < -0.4 is 13.6 Å². The Hall–Kier alpha value is -2.46. The van der Waals surface area contributed by atoms with Crippen LogP contribution in [0.25, 0.3) is 0 Å². The summed E-state index contributed by atoms with van der Waals surface area (Å²) in [6.07, 6.45) is 0. The third-order valence-electron chi connectivity index (χ3n) is 3.56. The standard InChI is InChI=1S/C18H15F3N3O3P3/c19-28(25-16-10-4-1-5-11-16)22-29(20,26-17-12-6-2-7-13-17)24-30(21,23-28)27-18-14-8-3-9-15-18/h1-15H. The molecule has 0 saturated carbocycles. The second-order valence-corrected chi connectivity index (χ2v) is 11.4. The summed E-state index contributed by atoms with van der Waals surface area (Å²) in [5.41, 5.74) is 0. The predicted octanol–water partition coefficient (Wildman–Crippen LogP) is 8.98. The summed E-state index contributed by atoms with van der Waals surface area (Å²) < 4.78 is 72.4. The highest BCUT2D eigenvalue weighted by Gasteiger charge is 2.44. The van der Waals surface area contributed by atoms with Gasteiger partial charge in [-0.05, 0) is 36.4 Å². The molecule has 0 amide bonds. The molecule has 0 spiro atoms. The van der Waals surface area contributed by atoms with E-state index in [4.69, 9.17) is 13.6 Å². The van der Waals surface area contributed by atoms with Gasteiger partial charge in [-0.15, -0.1) is 26.1 Å². The summed E-state index contributed by atoms with van der Waals surface area (Å²) in [6.45, 7) is 0. The Morgan fingerprint density at radius 3 is 0.900 bits per heavy atom. The molecule has 6 nitrogen and oxygen atoms in total. The number of para-hydroxylation sites is 3. The van der Waals surface area contributed by atoms with Gasteiger partial charge in [0.1, 0.15) is 17.2 Å². The van der Waals surface area contributed by atoms with Crippen molar-refractivity contribution in [2.45, 2.75) is 0 Å². The van der Waals surface area contributed by atoms with Crippen molar-refractivity contribution < 1.29 is 26.2 Å². The van der Waals surface area contributed by atoms with Gasteiger partial charge in [0.2, 0.25) is 0 Å². The van der Waals surface area contributed by atoms with Crippen molar-refractivity contribution in [1.29, 1.82) is 0 Å². The molecule has 0 unspecified atom stereocenters. The lowest BCUT2D eigenvalue weighted by Gasteiger charge is -2.24. The van der Waals surface area contributed by atoms with Crippen molar-refractivity contribution in [2.24, 2.45) is 13.5 Å². The average molecular weight is 471 g/mol. The first-order valence-electron chi connectivity index (χ1n) is 8.60. The zero-order valence-electron chi connectivity index (χ0n) is 15.2. The van der Waals surface area contributed by atoms with Crippen molar-refractivity contribution in [3.05, 3.63) is 91.0 Å². The van der Waals surface area contributed by atoms with Crippen LogP contribution in [0.4, 0.5) is 12.6 Å². The minimum Gasteiger partial charge on any atom is -0.419 e. The van der Waals surface area contributed by atoms with Crippen LogP contribution >= 0.6 is 23.2 Å². The van der Waals surface area contributed by atoms with Crippen LogP contribution in [0.1, 0.15) is 0 Å². The Morgan fingerprint density at radius 1 is 0.433 bits per heavy atom. The Kier molecular flexibility index (Phi) is 5.79. The van der Waals surface area contributed by atoms with E-state index in [0.717, 1.165) is 0 Å². The second kappa shape index (κ2) is 8.35. The molecule has 0 saturated heterocycles. The Balaban J connectivity index is 1.80. The van der Waals surface area contributed by atoms with E-state index in [-0.39, 0.29) is 17.2 Å². The minimum atomic E-state index is -4.85. The van der Waals surface area contributed by atoms with E-state index >= 15 is 12.6 Å². The normalized spacial score (nSPS) is 27.7. The summed E-state index contributed by atoms with van der Waals surface area (Å²) in [7, 11) is -14.5. The maximum absolute atomic E-state index is 15.6. The third-order valence-corrected chi connectivity index (χ3v) is 10.2. The van der Waals surface area contributed by atoms with Gasteiger partial charge in [-0.25, -0.2) is 0 Å². The molecule has 4 rings (SSSR count). The molecule has 1 heterocycles. The molecule has 12 heteroatoms. The molecule has 0 aromatic heterocycles. The molecule has 0 bridgehead atoms. The molecular weight excluding hydrogens is 456 g/mol. The molecule has 0 atom stereocenters. The maximum atomic E-state index is 15.6. The largest absolute Gasteiger partial charge is 0.443 e. The molecule has 0 aliphatic carbocycles. The van der Waals surface area contributed by atoms with Gasteiger partial charge >= 0.3 is 23.2 Å². The van der Waals surface area contributed by atoms with Crippen LogP contribution in [0.5, 0.6) is 17.2 Å². The molecule has 0 radical (unpaired) electrons. The van der Waals surface area contributed by atoms with Gasteiger partial charge in [0, 0.05) is 0 Å². The molecule has 0 N–H and O–H groups in total. The lowest BCUT2D eigenvalue weighted by atomic mass is 10.3. The zero-order chi connectivity index (χ0) is 21.1. The van der Waals surface area contributed by atoms with E-state index in [1.54, 1.807) is 54.6 Å². The minimum absolute atomic E-state index is 0.0141. The number of hydrogen-bond acceptors (Lipinski definition) is 6. The van der Waals surface area contributed by atoms with E-state index < -0.39 is 23.2 Å². The van der Waals surface area contributed by atoms with Gasteiger partial charge in [0.25, 0.3) is 0 Å². The first-order valence-corrected chi connectivity index (χ1v) is 13.1. The molecular formula is C18H15F3N3O3P3. The van der Waals surface area contributed by atoms with E-state index in [9.17, 15) is 0 Å². The summed E-state index contributed by atoms with van der Waals surface area (Å²) in [6, 6.07) is 23.0. The highest BCUT2D eigenvalue weighted by molar-refractivity contribution is 7.78. The number of rotatable bonds is 6. The number of halogens is 3. The predicted molar refractivity (Wildman–Crippen MR) is 113 cm³/mol. The summed E-state index contributed by atoms with van der Waals surface area (Å²) in [5, 5.41) is 0. The molecule has 1 aliphatic rings. The molecule has 0 fully saturated rings. The molecule has 156 valence electrons. The Labute approximate surface area is 171 Å². The van der Waals surface area contributed by atoms with Crippen LogP contribution in [-0.4, -0.2) is 0 Å². The smallest absolute Gasteiger partial charge is 0.419 e. The molecule has 3 aromatic carbocycles. The Bertz CT molecular complexity index is 1030. The van der Waals surface area contributed by atoms with Crippen LogP contribution in [0.15, 0.2) is 105 Å². The maximum Gasteiger partial charge on any atom is 0.443 e. The van der Waals surface area contributed by atoms with Crippen LogP contribution in [-0.2, 0) is 0 Å². The van der Waals surface area contributed by atoms with E-state index in [0.29, 0.717) is 0 Å². The second-order valence-electron chi connectivity index (χ2n) is 5.90. The van der Waals surface area contributed by atoms with Gasteiger partial charge in [-0.3, -0.25) is 0 Å². The molecule has 1 aliphatic heterocycles. The monoisotopic (exact) mass is 471 g/mol. The lowest BCUT2D eigenvalue weighted by molar-refractivity contribution is 0.518. The first kappa shape index (κ1) is 20.8. The fourth-order valence-electron chi connectivity index (χ4n) is 2.42. The SMILES string of the molecule is FP1(Oc2ccccc2)=NP(F)(Oc2ccccc2)=NP(F)(Oc2ccccc2)=N1.